The van der Waals surface area contributed by atoms with E-state index in [1.54, 1.807) is 19.1 Å². The molecule has 1 saturated heterocycles. The predicted octanol–water partition coefficient (Wildman–Crippen LogP) is 0.979. The average Bonchev–Trinajstić information content (AvgIpc) is 2.88. The Hall–Kier alpha value is -1.42. The van der Waals surface area contributed by atoms with E-state index >= 15 is 0 Å². The van der Waals surface area contributed by atoms with Gasteiger partial charge in [0.1, 0.15) is 0 Å². The van der Waals surface area contributed by atoms with Crippen LogP contribution in [0, 0.1) is 18.3 Å². The fraction of sp³-hybridized carbons (Fsp3) is 0.462. The van der Waals surface area contributed by atoms with E-state index < -0.39 is 10.0 Å². The Morgan fingerprint density at radius 3 is 2.89 bits per heavy atom. The molecular weight excluding hydrogens is 262 g/mol. The molecule has 0 radical (unpaired) electrons. The lowest BCUT2D eigenvalue weighted by atomic mass is 10.2. The Balaban J connectivity index is 2.48. The van der Waals surface area contributed by atoms with E-state index in [4.69, 9.17) is 11.0 Å². The second kappa shape index (κ2) is 5.29. The number of nitrogens with zero attached hydrogens (tertiary/aromatic N) is 2. The predicted molar refractivity (Wildman–Crippen MR) is 71.9 cm³/mol. The van der Waals surface area contributed by atoms with Gasteiger partial charge in [-0.15, -0.1) is 0 Å². The summed E-state index contributed by atoms with van der Waals surface area (Å²) in [4.78, 5) is 0.215. The number of benzene rings is 1. The fourth-order valence-electron chi connectivity index (χ4n) is 2.44. The molecule has 19 heavy (non-hydrogen) atoms. The van der Waals surface area contributed by atoms with Crippen molar-refractivity contribution in [1.29, 1.82) is 5.26 Å². The minimum atomic E-state index is -3.56. The van der Waals surface area contributed by atoms with Crippen LogP contribution in [0.1, 0.15) is 24.0 Å². The highest BCUT2D eigenvalue weighted by atomic mass is 32.2. The van der Waals surface area contributed by atoms with Crippen LogP contribution in [-0.4, -0.2) is 31.9 Å². The number of sulfonamides is 1. The number of hydrogen-bond donors (Lipinski definition) is 1. The third-order valence-electron chi connectivity index (χ3n) is 3.50. The van der Waals surface area contributed by atoms with Gasteiger partial charge in [0.25, 0.3) is 0 Å². The lowest BCUT2D eigenvalue weighted by Gasteiger charge is -2.23. The minimum absolute atomic E-state index is 0.129. The Kier molecular flexibility index (Phi) is 3.90. The summed E-state index contributed by atoms with van der Waals surface area (Å²) in [7, 11) is -3.56. The number of nitrogens with two attached hydrogens (primary N) is 1. The maximum absolute atomic E-state index is 12.7. The van der Waals surface area contributed by atoms with Crippen molar-refractivity contribution in [3.8, 4) is 6.07 Å². The first-order chi connectivity index (χ1) is 9.00. The van der Waals surface area contributed by atoms with Gasteiger partial charge in [0.15, 0.2) is 0 Å². The number of nitriles is 1. The fourth-order valence-corrected chi connectivity index (χ4v) is 4.39. The van der Waals surface area contributed by atoms with Crippen LogP contribution in [0.4, 0.5) is 0 Å². The van der Waals surface area contributed by atoms with E-state index in [0.717, 1.165) is 12.8 Å². The molecule has 5 nitrogen and oxygen atoms in total. The molecule has 1 aromatic rings. The van der Waals surface area contributed by atoms with E-state index in [0.29, 0.717) is 24.2 Å². The van der Waals surface area contributed by atoms with Gasteiger partial charge in [-0.2, -0.15) is 9.57 Å². The SMILES string of the molecule is Cc1ccc(C#N)cc1S(=O)(=O)N1CCC[C@H]1CN. The number of hydrogen-bond acceptors (Lipinski definition) is 4. The Labute approximate surface area is 113 Å². The molecule has 1 fully saturated rings. The van der Waals surface area contributed by atoms with Crippen LogP contribution >= 0.6 is 0 Å². The van der Waals surface area contributed by atoms with E-state index in [-0.39, 0.29) is 10.9 Å². The van der Waals surface area contributed by atoms with Crippen molar-refractivity contribution < 1.29 is 8.42 Å². The molecule has 0 aromatic heterocycles. The Morgan fingerprint density at radius 1 is 1.53 bits per heavy atom. The Bertz CT molecular complexity index is 619. The molecule has 2 N–H and O–H groups in total. The summed E-state index contributed by atoms with van der Waals surface area (Å²) in [6.45, 7) is 2.57. The van der Waals surface area contributed by atoms with Gasteiger partial charge < -0.3 is 5.73 Å². The molecular formula is C13H17N3O2S. The van der Waals surface area contributed by atoms with Gasteiger partial charge in [0, 0.05) is 19.1 Å². The molecule has 6 heteroatoms. The van der Waals surface area contributed by atoms with Crippen LogP contribution in [0.25, 0.3) is 0 Å². The first-order valence-electron chi connectivity index (χ1n) is 6.23. The molecule has 0 bridgehead atoms. The normalized spacial score (nSPS) is 20.4. The summed E-state index contributed by atoms with van der Waals surface area (Å²) in [5.41, 5.74) is 6.64. The number of aryl methyl sites for hydroxylation is 1. The average molecular weight is 279 g/mol. The van der Waals surface area contributed by atoms with Crippen LogP contribution < -0.4 is 5.73 Å². The van der Waals surface area contributed by atoms with Crippen molar-refractivity contribution >= 4 is 10.0 Å². The molecule has 1 aliphatic heterocycles. The van der Waals surface area contributed by atoms with E-state index in [1.165, 1.54) is 10.4 Å². The van der Waals surface area contributed by atoms with E-state index in [2.05, 4.69) is 0 Å². The highest BCUT2D eigenvalue weighted by Gasteiger charge is 2.35. The van der Waals surface area contributed by atoms with Gasteiger partial charge >= 0.3 is 0 Å². The monoisotopic (exact) mass is 279 g/mol. The topological polar surface area (TPSA) is 87.2 Å². The summed E-state index contributed by atoms with van der Waals surface area (Å²) in [6, 6.07) is 6.58. The smallest absolute Gasteiger partial charge is 0.243 e. The van der Waals surface area contributed by atoms with Crippen LogP contribution in [0.15, 0.2) is 23.1 Å². The maximum atomic E-state index is 12.7. The van der Waals surface area contributed by atoms with Crippen molar-refractivity contribution in [1.82, 2.24) is 4.31 Å². The summed E-state index contributed by atoms with van der Waals surface area (Å²) in [5.74, 6) is 0. The van der Waals surface area contributed by atoms with E-state index in [9.17, 15) is 8.42 Å². The van der Waals surface area contributed by atoms with Gasteiger partial charge in [-0.1, -0.05) is 6.07 Å². The first-order valence-corrected chi connectivity index (χ1v) is 7.67. The van der Waals surface area contributed by atoms with Crippen molar-refractivity contribution in [3.05, 3.63) is 29.3 Å². The molecule has 1 heterocycles. The third kappa shape index (κ3) is 2.50. The van der Waals surface area contributed by atoms with Crippen LogP contribution in [0.5, 0.6) is 0 Å². The molecule has 0 unspecified atom stereocenters. The standard InChI is InChI=1S/C13H17N3O2S/c1-10-4-5-11(8-14)7-13(10)19(17,18)16-6-2-3-12(16)9-15/h4-5,7,12H,2-3,6,9,15H2,1H3/t12-/m0/s1. The van der Waals surface area contributed by atoms with Crippen LogP contribution in [0.2, 0.25) is 0 Å². The highest BCUT2D eigenvalue weighted by Crippen LogP contribution is 2.27. The van der Waals surface area contributed by atoms with E-state index in [1.807, 2.05) is 6.07 Å². The zero-order valence-corrected chi connectivity index (χ0v) is 11.7. The molecule has 0 saturated carbocycles. The van der Waals surface area contributed by atoms with Gasteiger partial charge in [-0.3, -0.25) is 0 Å². The van der Waals surface area contributed by atoms with Crippen LogP contribution in [0.3, 0.4) is 0 Å². The highest BCUT2D eigenvalue weighted by molar-refractivity contribution is 7.89. The first kappa shape index (κ1) is 14.0. The molecule has 0 spiro atoms. The maximum Gasteiger partial charge on any atom is 0.243 e. The molecule has 0 amide bonds. The third-order valence-corrected chi connectivity index (χ3v) is 5.59. The quantitative estimate of drug-likeness (QED) is 0.893. The van der Waals surface area contributed by atoms with Crippen molar-refractivity contribution in [2.45, 2.75) is 30.7 Å². The summed E-state index contributed by atoms with van der Waals surface area (Å²) in [6.07, 6.45) is 1.63. The lowest BCUT2D eigenvalue weighted by molar-refractivity contribution is 0.393. The second-order valence-corrected chi connectivity index (χ2v) is 6.60. The Morgan fingerprint density at radius 2 is 2.26 bits per heavy atom. The van der Waals surface area contributed by atoms with Crippen molar-refractivity contribution in [3.63, 3.8) is 0 Å². The van der Waals surface area contributed by atoms with Gasteiger partial charge in [0.05, 0.1) is 16.5 Å². The van der Waals surface area contributed by atoms with Gasteiger partial charge in [-0.25, -0.2) is 8.42 Å². The second-order valence-electron chi connectivity index (χ2n) is 4.74. The zero-order valence-electron chi connectivity index (χ0n) is 10.8. The van der Waals surface area contributed by atoms with Gasteiger partial charge in [-0.05, 0) is 37.5 Å². The lowest BCUT2D eigenvalue weighted by Crippen LogP contribution is -2.40. The molecule has 102 valence electrons. The van der Waals surface area contributed by atoms with Gasteiger partial charge in [0.2, 0.25) is 10.0 Å². The molecule has 2 rings (SSSR count). The molecule has 1 aliphatic rings. The van der Waals surface area contributed by atoms with Crippen molar-refractivity contribution in [2.24, 2.45) is 5.73 Å². The molecule has 1 atom stereocenters. The van der Waals surface area contributed by atoms with Crippen LogP contribution in [-0.2, 0) is 10.0 Å². The molecule has 1 aromatic carbocycles. The molecule has 0 aliphatic carbocycles. The summed E-state index contributed by atoms with van der Waals surface area (Å²) < 4.78 is 26.8. The largest absolute Gasteiger partial charge is 0.329 e. The summed E-state index contributed by atoms with van der Waals surface area (Å²) in [5, 5.41) is 8.90. The zero-order chi connectivity index (χ0) is 14.0. The summed E-state index contributed by atoms with van der Waals surface area (Å²) >= 11 is 0. The van der Waals surface area contributed by atoms with Crippen molar-refractivity contribution in [2.75, 3.05) is 13.1 Å². The number of rotatable bonds is 3. The minimum Gasteiger partial charge on any atom is -0.329 e.